The van der Waals surface area contributed by atoms with Crippen molar-refractivity contribution in [2.75, 3.05) is 25.6 Å². The molecule has 6 heteroatoms. The molecule has 3 rings (SSSR count). The summed E-state index contributed by atoms with van der Waals surface area (Å²) in [4.78, 5) is 15.6. The van der Waals surface area contributed by atoms with Gasteiger partial charge in [0.2, 0.25) is 5.91 Å². The molecule has 3 aromatic rings. The summed E-state index contributed by atoms with van der Waals surface area (Å²) in [5.41, 5.74) is 2.50. The van der Waals surface area contributed by atoms with Crippen molar-refractivity contribution in [3.05, 3.63) is 59.2 Å². The number of aromatic amines is 1. The molecule has 0 spiro atoms. The normalized spacial score (nSPS) is 10.8. The molecule has 0 saturated carbocycles. The van der Waals surface area contributed by atoms with Gasteiger partial charge in [-0.15, -0.1) is 0 Å². The number of amides is 1. The average molecular weight is 359 g/mol. The van der Waals surface area contributed by atoms with Crippen LogP contribution in [0, 0.1) is 0 Å². The molecule has 1 amide bonds. The molecule has 0 fully saturated rings. The number of anilines is 1. The highest BCUT2D eigenvalue weighted by atomic mass is 35.5. The first kappa shape index (κ1) is 17.3. The molecule has 0 radical (unpaired) electrons. The number of carbonyl (C=O) groups excluding carboxylic acids is 1. The van der Waals surface area contributed by atoms with E-state index in [2.05, 4.69) is 10.3 Å². The van der Waals surface area contributed by atoms with Crippen LogP contribution in [0.4, 0.5) is 5.69 Å². The lowest BCUT2D eigenvalue weighted by atomic mass is 10.1. The van der Waals surface area contributed by atoms with Crippen molar-refractivity contribution in [3.63, 3.8) is 0 Å². The molecular weight excluding hydrogens is 340 g/mol. The Hall–Kier alpha value is -2.50. The van der Waals surface area contributed by atoms with Crippen molar-refractivity contribution in [1.29, 1.82) is 0 Å². The van der Waals surface area contributed by atoms with Crippen molar-refractivity contribution in [1.82, 2.24) is 4.98 Å². The lowest BCUT2D eigenvalue weighted by molar-refractivity contribution is -0.115. The van der Waals surface area contributed by atoms with Crippen LogP contribution in [-0.2, 0) is 16.0 Å². The smallest absolute Gasteiger partial charge is 0.228 e. The number of rotatable bonds is 7. The van der Waals surface area contributed by atoms with E-state index in [9.17, 15) is 4.79 Å². The SMILES string of the molecule is COCCOc1c(Cl)cccc1NC(=O)Cc1c[nH]c2ccccc12. The largest absolute Gasteiger partial charge is 0.487 e. The first-order valence-electron chi connectivity index (χ1n) is 7.94. The second-order valence-corrected chi connectivity index (χ2v) is 5.95. The molecule has 2 aromatic carbocycles. The molecule has 0 unspecified atom stereocenters. The van der Waals surface area contributed by atoms with Gasteiger partial charge < -0.3 is 19.8 Å². The monoisotopic (exact) mass is 358 g/mol. The topological polar surface area (TPSA) is 63.4 Å². The second-order valence-electron chi connectivity index (χ2n) is 5.54. The standard InChI is InChI=1S/C19H19ClN2O3/c1-24-9-10-25-19-15(20)6-4-8-17(19)22-18(23)11-13-12-21-16-7-3-2-5-14(13)16/h2-8,12,21H,9-11H2,1H3,(H,22,23). The molecule has 0 bridgehead atoms. The summed E-state index contributed by atoms with van der Waals surface area (Å²) in [7, 11) is 1.60. The highest BCUT2D eigenvalue weighted by molar-refractivity contribution is 6.32. The van der Waals surface area contributed by atoms with E-state index in [0.29, 0.717) is 29.7 Å². The number of fused-ring (bicyclic) bond motifs is 1. The maximum Gasteiger partial charge on any atom is 0.228 e. The zero-order valence-corrected chi connectivity index (χ0v) is 14.6. The number of ether oxygens (including phenoxy) is 2. The second kappa shape index (κ2) is 8.05. The number of hydrogen-bond donors (Lipinski definition) is 2. The van der Waals surface area contributed by atoms with Gasteiger partial charge in [-0.25, -0.2) is 0 Å². The van der Waals surface area contributed by atoms with Crippen LogP contribution in [-0.4, -0.2) is 31.2 Å². The molecule has 0 aliphatic carbocycles. The van der Waals surface area contributed by atoms with Gasteiger partial charge in [0.1, 0.15) is 6.61 Å². The first-order valence-corrected chi connectivity index (χ1v) is 8.32. The Morgan fingerprint density at radius 2 is 2.00 bits per heavy atom. The van der Waals surface area contributed by atoms with Crippen LogP contribution >= 0.6 is 11.6 Å². The fraction of sp³-hybridized carbons (Fsp3) is 0.211. The van der Waals surface area contributed by atoms with E-state index in [1.54, 1.807) is 25.3 Å². The number of H-pyrrole nitrogens is 1. The molecule has 2 N–H and O–H groups in total. The number of carbonyl (C=O) groups is 1. The summed E-state index contributed by atoms with van der Waals surface area (Å²) in [6.07, 6.45) is 2.12. The van der Waals surface area contributed by atoms with Gasteiger partial charge in [-0.05, 0) is 23.8 Å². The van der Waals surface area contributed by atoms with Gasteiger partial charge in [-0.2, -0.15) is 0 Å². The molecular formula is C19H19ClN2O3. The number of nitrogens with one attached hydrogen (secondary N) is 2. The van der Waals surface area contributed by atoms with Crippen molar-refractivity contribution in [2.45, 2.75) is 6.42 Å². The summed E-state index contributed by atoms with van der Waals surface area (Å²) in [6, 6.07) is 13.1. The summed E-state index contributed by atoms with van der Waals surface area (Å²) >= 11 is 6.19. The molecule has 5 nitrogen and oxygen atoms in total. The number of aromatic nitrogens is 1. The Morgan fingerprint density at radius 3 is 2.84 bits per heavy atom. The van der Waals surface area contributed by atoms with Gasteiger partial charge in [-0.1, -0.05) is 35.9 Å². The van der Waals surface area contributed by atoms with E-state index in [1.807, 2.05) is 30.5 Å². The summed E-state index contributed by atoms with van der Waals surface area (Å²) < 4.78 is 10.6. The van der Waals surface area contributed by atoms with E-state index in [4.69, 9.17) is 21.1 Å². The quantitative estimate of drug-likeness (QED) is 0.627. The molecule has 0 aliphatic heterocycles. The molecule has 0 atom stereocenters. The van der Waals surface area contributed by atoms with Crippen molar-refractivity contribution in [2.24, 2.45) is 0 Å². The van der Waals surface area contributed by atoms with Crippen LogP contribution in [0.3, 0.4) is 0 Å². The summed E-state index contributed by atoms with van der Waals surface area (Å²) in [6.45, 7) is 0.791. The van der Waals surface area contributed by atoms with Gasteiger partial charge in [0, 0.05) is 24.2 Å². The van der Waals surface area contributed by atoms with Gasteiger partial charge in [0.05, 0.1) is 23.7 Å². The fourth-order valence-electron chi connectivity index (χ4n) is 2.63. The van der Waals surface area contributed by atoms with E-state index in [-0.39, 0.29) is 12.3 Å². The summed E-state index contributed by atoms with van der Waals surface area (Å²) in [5.74, 6) is 0.317. The van der Waals surface area contributed by atoms with E-state index < -0.39 is 0 Å². The minimum Gasteiger partial charge on any atom is -0.487 e. The van der Waals surface area contributed by atoms with Crippen LogP contribution in [0.25, 0.3) is 10.9 Å². The Labute approximate surface area is 150 Å². The third-order valence-corrected chi connectivity index (χ3v) is 4.10. The zero-order chi connectivity index (χ0) is 17.6. The average Bonchev–Trinajstić information content (AvgIpc) is 3.00. The van der Waals surface area contributed by atoms with Crippen LogP contribution in [0.2, 0.25) is 5.02 Å². The van der Waals surface area contributed by atoms with Crippen molar-refractivity contribution >= 4 is 34.1 Å². The Bertz CT molecular complexity index is 876. The number of halogens is 1. The Kier molecular flexibility index (Phi) is 5.58. The Balaban J connectivity index is 1.73. The highest BCUT2D eigenvalue weighted by Gasteiger charge is 2.13. The van der Waals surface area contributed by atoms with Gasteiger partial charge in [0.15, 0.2) is 5.75 Å². The minimum absolute atomic E-state index is 0.136. The van der Waals surface area contributed by atoms with Crippen molar-refractivity contribution in [3.8, 4) is 5.75 Å². The van der Waals surface area contributed by atoms with E-state index >= 15 is 0 Å². The zero-order valence-electron chi connectivity index (χ0n) is 13.8. The molecule has 25 heavy (non-hydrogen) atoms. The lowest BCUT2D eigenvalue weighted by Gasteiger charge is -2.13. The number of benzene rings is 2. The lowest BCUT2D eigenvalue weighted by Crippen LogP contribution is -2.16. The predicted octanol–water partition coefficient (Wildman–Crippen LogP) is 4.03. The maximum absolute atomic E-state index is 12.5. The molecule has 1 aromatic heterocycles. The predicted molar refractivity (Wildman–Crippen MR) is 99.5 cm³/mol. The van der Waals surface area contributed by atoms with E-state index in [0.717, 1.165) is 16.5 Å². The maximum atomic E-state index is 12.5. The van der Waals surface area contributed by atoms with Crippen LogP contribution in [0.5, 0.6) is 5.75 Å². The fourth-order valence-corrected chi connectivity index (χ4v) is 2.86. The van der Waals surface area contributed by atoms with Gasteiger partial charge >= 0.3 is 0 Å². The summed E-state index contributed by atoms with van der Waals surface area (Å²) in [5, 5.41) is 4.37. The minimum atomic E-state index is -0.136. The third-order valence-electron chi connectivity index (χ3n) is 3.80. The van der Waals surface area contributed by atoms with Crippen LogP contribution in [0.1, 0.15) is 5.56 Å². The van der Waals surface area contributed by atoms with Crippen LogP contribution < -0.4 is 10.1 Å². The molecule has 130 valence electrons. The molecule has 0 saturated heterocycles. The van der Waals surface area contributed by atoms with Gasteiger partial charge in [0.25, 0.3) is 0 Å². The third kappa shape index (κ3) is 4.13. The van der Waals surface area contributed by atoms with Gasteiger partial charge in [-0.3, -0.25) is 4.79 Å². The Morgan fingerprint density at radius 1 is 1.16 bits per heavy atom. The number of hydrogen-bond acceptors (Lipinski definition) is 3. The molecule has 1 heterocycles. The van der Waals surface area contributed by atoms with E-state index in [1.165, 1.54) is 0 Å². The molecule has 0 aliphatic rings. The number of para-hydroxylation sites is 2. The highest BCUT2D eigenvalue weighted by Crippen LogP contribution is 2.33. The first-order chi connectivity index (χ1) is 12.2. The number of methoxy groups -OCH3 is 1. The van der Waals surface area contributed by atoms with Crippen molar-refractivity contribution < 1.29 is 14.3 Å². The van der Waals surface area contributed by atoms with Crippen LogP contribution in [0.15, 0.2) is 48.7 Å².